The number of halogens is 1. The van der Waals surface area contributed by atoms with Crippen LogP contribution in [-0.4, -0.2) is 48.1 Å². The van der Waals surface area contributed by atoms with Crippen molar-refractivity contribution in [2.45, 2.75) is 51.2 Å². The van der Waals surface area contributed by atoms with Crippen molar-refractivity contribution in [2.24, 2.45) is 5.41 Å². The third-order valence-corrected chi connectivity index (χ3v) is 8.13. The molecule has 2 aromatic carbocycles. The topological polar surface area (TPSA) is 83.3 Å². The van der Waals surface area contributed by atoms with Crippen LogP contribution in [0.4, 0.5) is 5.69 Å². The molecule has 1 aliphatic rings. The van der Waals surface area contributed by atoms with Crippen LogP contribution in [0.5, 0.6) is 5.75 Å². The SMILES string of the molecule is COc1ccc(Cn2nnc(C(COC3(Cl)C=Cc4ccccc4N3)O[Si](C)CC(C)(C)C)n2)cc1. The van der Waals surface area contributed by atoms with Crippen LogP contribution in [0.25, 0.3) is 6.08 Å². The van der Waals surface area contributed by atoms with Crippen LogP contribution in [0.15, 0.2) is 54.6 Å². The number of benzene rings is 2. The molecule has 0 fully saturated rings. The van der Waals surface area contributed by atoms with E-state index in [9.17, 15) is 0 Å². The zero-order valence-corrected chi connectivity index (χ0v) is 23.1. The van der Waals surface area contributed by atoms with Gasteiger partial charge in [0, 0.05) is 5.69 Å². The van der Waals surface area contributed by atoms with Crippen molar-refractivity contribution < 1.29 is 13.9 Å². The molecular formula is C26H33ClN5O3Si. The molecule has 3 aromatic rings. The molecule has 1 aliphatic heterocycles. The molecule has 4 rings (SSSR count). The first-order valence-corrected chi connectivity index (χ1v) is 14.4. The number of nitrogens with one attached hydrogen (secondary N) is 1. The third-order valence-electron chi connectivity index (χ3n) is 5.55. The van der Waals surface area contributed by atoms with Crippen LogP contribution in [0.1, 0.15) is 43.8 Å². The smallest absolute Gasteiger partial charge is 0.237 e. The van der Waals surface area contributed by atoms with Gasteiger partial charge in [-0.2, -0.15) is 4.80 Å². The number of nitrogens with zero attached hydrogens (tertiary/aromatic N) is 4. The highest BCUT2D eigenvalue weighted by Crippen LogP contribution is 2.33. The van der Waals surface area contributed by atoms with E-state index in [1.165, 1.54) is 0 Å². The molecule has 1 aromatic heterocycles. The van der Waals surface area contributed by atoms with Gasteiger partial charge in [-0.25, -0.2) is 0 Å². The Balaban J connectivity index is 1.48. The van der Waals surface area contributed by atoms with Gasteiger partial charge >= 0.3 is 0 Å². The fourth-order valence-corrected chi connectivity index (χ4v) is 6.46. The number of anilines is 1. The lowest BCUT2D eigenvalue weighted by atomic mass is 10.0. The standard InChI is InChI=1S/C26H33ClN5O3Si/c1-25(2,3)18-36(5)35-23(17-34-26(27)15-14-20-8-6-7-9-22(20)28-26)24-29-31-32(30-24)16-19-10-12-21(33-4)13-11-19/h6-15,23,28H,16-18H2,1-5H3. The minimum Gasteiger partial charge on any atom is -0.497 e. The molecule has 1 radical (unpaired) electrons. The van der Waals surface area contributed by atoms with Crippen molar-refractivity contribution in [1.29, 1.82) is 0 Å². The van der Waals surface area contributed by atoms with Gasteiger partial charge in [-0.1, -0.05) is 68.8 Å². The summed E-state index contributed by atoms with van der Waals surface area (Å²) in [5.41, 5.74) is 3.15. The van der Waals surface area contributed by atoms with Crippen LogP contribution in [0.2, 0.25) is 12.6 Å². The monoisotopic (exact) mass is 526 g/mol. The van der Waals surface area contributed by atoms with E-state index < -0.39 is 20.3 Å². The number of fused-ring (bicyclic) bond motifs is 1. The number of ether oxygens (including phenoxy) is 2. The predicted octanol–water partition coefficient (Wildman–Crippen LogP) is 5.50. The van der Waals surface area contributed by atoms with Gasteiger partial charge in [-0.15, -0.1) is 10.2 Å². The third kappa shape index (κ3) is 7.16. The van der Waals surface area contributed by atoms with Gasteiger partial charge < -0.3 is 19.2 Å². The van der Waals surface area contributed by atoms with Crippen molar-refractivity contribution in [2.75, 3.05) is 19.0 Å². The van der Waals surface area contributed by atoms with E-state index in [4.69, 9.17) is 25.5 Å². The number of hydrogen-bond donors (Lipinski definition) is 1. The first-order valence-electron chi connectivity index (χ1n) is 11.9. The summed E-state index contributed by atoms with van der Waals surface area (Å²) in [6.07, 6.45) is 3.25. The Morgan fingerprint density at radius 2 is 1.89 bits per heavy atom. The molecule has 0 saturated carbocycles. The highest BCUT2D eigenvalue weighted by molar-refractivity contribution is 6.50. The Labute approximate surface area is 219 Å². The maximum absolute atomic E-state index is 6.78. The molecule has 8 nitrogen and oxygen atoms in total. The van der Waals surface area contributed by atoms with Gasteiger partial charge in [0.2, 0.25) is 20.0 Å². The van der Waals surface area contributed by atoms with E-state index in [0.29, 0.717) is 12.4 Å². The summed E-state index contributed by atoms with van der Waals surface area (Å²) in [5, 5.41) is 15.2. The molecule has 10 heteroatoms. The van der Waals surface area contributed by atoms with Crippen LogP contribution in [0, 0.1) is 5.41 Å². The summed E-state index contributed by atoms with van der Waals surface area (Å²) in [6.45, 7) is 9.43. The van der Waals surface area contributed by atoms with Crippen molar-refractivity contribution in [3.8, 4) is 5.75 Å². The lowest BCUT2D eigenvalue weighted by molar-refractivity contribution is 0.00635. The molecular weight excluding hydrogens is 494 g/mol. The first kappa shape index (κ1) is 26.3. The highest BCUT2D eigenvalue weighted by atomic mass is 35.5. The molecule has 191 valence electrons. The number of rotatable bonds is 10. The lowest BCUT2D eigenvalue weighted by Gasteiger charge is -2.32. The van der Waals surface area contributed by atoms with Crippen molar-refractivity contribution >= 4 is 32.4 Å². The lowest BCUT2D eigenvalue weighted by Crippen LogP contribution is -2.37. The second-order valence-electron chi connectivity index (χ2n) is 10.1. The molecule has 1 N–H and O–H groups in total. The molecule has 0 amide bonds. The molecule has 0 aliphatic carbocycles. The normalized spacial score (nSPS) is 18.1. The molecule has 2 atom stereocenters. The van der Waals surface area contributed by atoms with E-state index in [0.717, 1.165) is 28.6 Å². The fourth-order valence-electron chi connectivity index (χ4n) is 4.00. The quantitative estimate of drug-likeness (QED) is 0.212. The van der Waals surface area contributed by atoms with Gasteiger partial charge in [-0.3, -0.25) is 0 Å². The van der Waals surface area contributed by atoms with Gasteiger partial charge in [0.25, 0.3) is 0 Å². The molecule has 0 bridgehead atoms. The van der Waals surface area contributed by atoms with Crippen molar-refractivity contribution in [3.05, 3.63) is 71.6 Å². The molecule has 36 heavy (non-hydrogen) atoms. The average Bonchev–Trinajstić information content (AvgIpc) is 3.29. The minimum atomic E-state index is -1.19. The van der Waals surface area contributed by atoms with Crippen LogP contribution in [-0.2, 0) is 15.7 Å². The van der Waals surface area contributed by atoms with Gasteiger partial charge in [0.05, 0.1) is 20.3 Å². The zero-order chi connectivity index (χ0) is 25.8. The van der Waals surface area contributed by atoms with Gasteiger partial charge in [-0.05, 0) is 58.6 Å². The first-order chi connectivity index (χ1) is 17.1. The maximum Gasteiger partial charge on any atom is 0.237 e. The number of alkyl halides is 1. The Morgan fingerprint density at radius 1 is 1.14 bits per heavy atom. The maximum atomic E-state index is 6.78. The number of para-hydroxylation sites is 1. The van der Waals surface area contributed by atoms with Gasteiger partial charge in [0.1, 0.15) is 11.9 Å². The van der Waals surface area contributed by atoms with Crippen LogP contribution < -0.4 is 10.1 Å². The number of tetrazole rings is 1. The molecule has 2 heterocycles. The van der Waals surface area contributed by atoms with E-state index in [-0.39, 0.29) is 12.0 Å². The largest absolute Gasteiger partial charge is 0.497 e. The minimum absolute atomic E-state index is 0.152. The summed E-state index contributed by atoms with van der Waals surface area (Å²) in [5.74, 6) is 1.28. The Hall–Kier alpha value is -2.72. The molecule has 2 unspecified atom stereocenters. The molecule has 0 spiro atoms. The van der Waals surface area contributed by atoms with E-state index in [2.05, 4.69) is 48.0 Å². The second-order valence-corrected chi connectivity index (χ2v) is 12.6. The van der Waals surface area contributed by atoms with Gasteiger partial charge in [0.15, 0.2) is 0 Å². The summed E-state index contributed by atoms with van der Waals surface area (Å²) >= 11 is 6.78. The Morgan fingerprint density at radius 3 is 2.61 bits per heavy atom. The number of aromatic nitrogens is 4. The summed E-state index contributed by atoms with van der Waals surface area (Å²) in [4.78, 5) is 1.56. The van der Waals surface area contributed by atoms with Crippen LogP contribution >= 0.6 is 11.6 Å². The number of methoxy groups -OCH3 is 1. The van der Waals surface area contributed by atoms with E-state index in [1.807, 2.05) is 54.6 Å². The summed E-state index contributed by atoms with van der Waals surface area (Å²) in [6, 6.07) is 16.7. The number of hydrogen-bond acceptors (Lipinski definition) is 7. The van der Waals surface area contributed by atoms with Crippen LogP contribution in [0.3, 0.4) is 0 Å². The Kier molecular flexibility index (Phi) is 8.14. The van der Waals surface area contributed by atoms with Crippen molar-refractivity contribution in [3.63, 3.8) is 0 Å². The fraction of sp³-hybridized carbons (Fsp3) is 0.423. The molecule has 0 saturated heterocycles. The second kappa shape index (κ2) is 11.1. The average molecular weight is 527 g/mol. The summed E-state index contributed by atoms with van der Waals surface area (Å²) in [7, 11) is 0.485. The van der Waals surface area contributed by atoms with E-state index >= 15 is 0 Å². The highest BCUT2D eigenvalue weighted by Gasteiger charge is 2.32. The Bertz CT molecular complexity index is 1180. The summed E-state index contributed by atoms with van der Waals surface area (Å²) < 4.78 is 17.9. The predicted molar refractivity (Wildman–Crippen MR) is 143 cm³/mol. The van der Waals surface area contributed by atoms with E-state index in [1.54, 1.807) is 18.0 Å². The van der Waals surface area contributed by atoms with Crippen molar-refractivity contribution in [1.82, 2.24) is 20.2 Å². The zero-order valence-electron chi connectivity index (χ0n) is 21.4.